The first kappa shape index (κ1) is 13.0. The van der Waals surface area contributed by atoms with Gasteiger partial charge in [0.25, 0.3) is 0 Å². The maximum atomic E-state index is 9.94. The van der Waals surface area contributed by atoms with Crippen LogP contribution in [0.3, 0.4) is 0 Å². The van der Waals surface area contributed by atoms with Crippen molar-refractivity contribution in [3.05, 3.63) is 64.2 Å². The van der Waals surface area contributed by atoms with Crippen molar-refractivity contribution < 1.29 is 5.11 Å². The molecule has 0 saturated heterocycles. The van der Waals surface area contributed by atoms with Gasteiger partial charge < -0.3 is 10.5 Å². The molecule has 1 unspecified atom stereocenters. The number of benzene rings is 2. The molecule has 0 aromatic heterocycles. The minimum Gasteiger partial charge on any atom is -0.508 e. The van der Waals surface area contributed by atoms with Crippen molar-refractivity contribution in [1.82, 2.24) is 5.43 Å². The molecule has 4 heteroatoms. The fourth-order valence-electron chi connectivity index (χ4n) is 2.35. The van der Waals surface area contributed by atoms with Crippen LogP contribution in [-0.4, -0.2) is 10.8 Å². The quantitative estimate of drug-likeness (QED) is 0.882. The molecule has 20 heavy (non-hydrogen) atoms. The summed E-state index contributed by atoms with van der Waals surface area (Å²) < 4.78 is 0. The van der Waals surface area contributed by atoms with E-state index < -0.39 is 0 Å². The molecular weight excluding hydrogens is 272 g/mol. The van der Waals surface area contributed by atoms with Gasteiger partial charge in [-0.1, -0.05) is 41.4 Å². The molecule has 0 saturated carbocycles. The van der Waals surface area contributed by atoms with E-state index in [1.165, 1.54) is 5.56 Å². The zero-order valence-electron chi connectivity index (χ0n) is 11.1. The van der Waals surface area contributed by atoms with Crippen LogP contribution in [0.25, 0.3) is 0 Å². The van der Waals surface area contributed by atoms with Gasteiger partial charge in [0.15, 0.2) is 0 Å². The normalized spacial score (nSPS) is 17.7. The molecule has 0 spiro atoms. The second-order valence-corrected chi connectivity index (χ2v) is 5.45. The Balaban J connectivity index is 1.82. The third-order valence-electron chi connectivity index (χ3n) is 3.50. The number of nitrogens with zero attached hydrogens (tertiary/aromatic N) is 1. The molecule has 2 aromatic carbocycles. The summed E-state index contributed by atoms with van der Waals surface area (Å²) in [4.78, 5) is 0. The van der Waals surface area contributed by atoms with Crippen LogP contribution in [0.1, 0.15) is 29.2 Å². The second kappa shape index (κ2) is 5.17. The average Bonchev–Trinajstić information content (AvgIpc) is 2.92. The number of nitrogens with one attached hydrogen (secondary N) is 1. The molecular formula is C16H15ClN2O. The van der Waals surface area contributed by atoms with E-state index in [0.717, 1.165) is 23.3 Å². The lowest BCUT2D eigenvalue weighted by molar-refractivity contribution is 0.455. The fraction of sp³-hybridized carbons (Fsp3) is 0.188. The lowest BCUT2D eigenvalue weighted by Crippen LogP contribution is -2.10. The molecule has 1 atom stereocenters. The zero-order valence-corrected chi connectivity index (χ0v) is 11.9. The third kappa shape index (κ3) is 2.49. The predicted molar refractivity (Wildman–Crippen MR) is 81.3 cm³/mol. The van der Waals surface area contributed by atoms with Crippen LogP contribution in [0.4, 0.5) is 0 Å². The van der Waals surface area contributed by atoms with E-state index in [9.17, 15) is 5.11 Å². The van der Waals surface area contributed by atoms with Crippen LogP contribution in [0.2, 0.25) is 5.02 Å². The van der Waals surface area contributed by atoms with Gasteiger partial charge in [-0.05, 0) is 30.7 Å². The van der Waals surface area contributed by atoms with E-state index in [-0.39, 0.29) is 11.8 Å². The topological polar surface area (TPSA) is 44.6 Å². The van der Waals surface area contributed by atoms with E-state index in [4.69, 9.17) is 11.6 Å². The van der Waals surface area contributed by atoms with E-state index in [0.29, 0.717) is 5.02 Å². The van der Waals surface area contributed by atoms with Crippen molar-refractivity contribution in [1.29, 1.82) is 0 Å². The first-order valence-corrected chi connectivity index (χ1v) is 6.89. The third-order valence-corrected chi connectivity index (χ3v) is 3.74. The zero-order chi connectivity index (χ0) is 14.1. The number of hydrogen-bond donors (Lipinski definition) is 2. The Morgan fingerprint density at radius 3 is 2.70 bits per heavy atom. The minimum atomic E-state index is -0.0370. The number of hydrazone groups is 1. The van der Waals surface area contributed by atoms with Gasteiger partial charge in [0, 0.05) is 17.0 Å². The van der Waals surface area contributed by atoms with Gasteiger partial charge in [-0.2, -0.15) is 5.10 Å². The predicted octanol–water partition coefficient (Wildman–Crippen LogP) is 3.79. The van der Waals surface area contributed by atoms with Gasteiger partial charge in [0.05, 0.1) is 11.8 Å². The molecule has 3 rings (SSSR count). The summed E-state index contributed by atoms with van der Waals surface area (Å²) in [7, 11) is 0. The summed E-state index contributed by atoms with van der Waals surface area (Å²) in [5, 5.41) is 14.9. The number of rotatable bonds is 2. The number of hydrogen-bond acceptors (Lipinski definition) is 3. The monoisotopic (exact) mass is 286 g/mol. The van der Waals surface area contributed by atoms with Crippen LogP contribution in [0.5, 0.6) is 5.75 Å². The minimum absolute atomic E-state index is 0.0370. The van der Waals surface area contributed by atoms with Crippen molar-refractivity contribution in [2.75, 3.05) is 0 Å². The first-order valence-electron chi connectivity index (χ1n) is 6.51. The number of phenolic OH excluding ortho intramolecular Hbond substituents is 1. The van der Waals surface area contributed by atoms with Gasteiger partial charge in [0.1, 0.15) is 5.75 Å². The summed E-state index contributed by atoms with van der Waals surface area (Å²) in [5.74, 6) is 0.243. The molecule has 0 aliphatic carbocycles. The molecule has 3 nitrogen and oxygen atoms in total. The number of halogens is 1. The van der Waals surface area contributed by atoms with Gasteiger partial charge in [-0.25, -0.2) is 0 Å². The van der Waals surface area contributed by atoms with Crippen molar-refractivity contribution >= 4 is 17.3 Å². The molecule has 1 aliphatic rings. The van der Waals surface area contributed by atoms with Crippen LogP contribution in [-0.2, 0) is 0 Å². The molecule has 2 N–H and O–H groups in total. The summed E-state index contributed by atoms with van der Waals surface area (Å²) in [6.07, 6.45) is 0.733. The molecule has 0 bridgehead atoms. The van der Waals surface area contributed by atoms with E-state index in [1.807, 2.05) is 0 Å². The molecule has 1 heterocycles. The lowest BCUT2D eigenvalue weighted by Gasteiger charge is -2.12. The van der Waals surface area contributed by atoms with Crippen molar-refractivity contribution in [2.24, 2.45) is 5.10 Å². The Morgan fingerprint density at radius 2 is 1.95 bits per heavy atom. The maximum Gasteiger partial charge on any atom is 0.121 e. The molecule has 2 aromatic rings. The summed E-state index contributed by atoms with van der Waals surface area (Å²) in [5.41, 5.74) is 7.18. The van der Waals surface area contributed by atoms with Crippen molar-refractivity contribution in [2.45, 2.75) is 19.4 Å². The molecule has 0 radical (unpaired) electrons. The number of aryl methyl sites for hydroxylation is 1. The highest BCUT2D eigenvalue weighted by molar-refractivity contribution is 6.30. The molecule has 0 fully saturated rings. The average molecular weight is 287 g/mol. The highest BCUT2D eigenvalue weighted by Gasteiger charge is 2.23. The SMILES string of the molecule is Cc1ccc(C2=NNC(c3cc(Cl)ccc3O)C2)cc1. The smallest absolute Gasteiger partial charge is 0.121 e. The number of aromatic hydroxyl groups is 1. The summed E-state index contributed by atoms with van der Waals surface area (Å²) in [6, 6.07) is 13.3. The maximum absolute atomic E-state index is 9.94. The molecule has 102 valence electrons. The first-order chi connectivity index (χ1) is 9.63. The van der Waals surface area contributed by atoms with Crippen molar-refractivity contribution in [3.8, 4) is 5.75 Å². The number of phenols is 1. The second-order valence-electron chi connectivity index (χ2n) is 5.01. The highest BCUT2D eigenvalue weighted by Crippen LogP contribution is 2.32. The Kier molecular flexibility index (Phi) is 3.36. The summed E-state index contributed by atoms with van der Waals surface area (Å²) >= 11 is 5.99. The Bertz CT molecular complexity index is 665. The Morgan fingerprint density at radius 1 is 1.20 bits per heavy atom. The van der Waals surface area contributed by atoms with E-state index in [1.54, 1.807) is 18.2 Å². The van der Waals surface area contributed by atoms with E-state index >= 15 is 0 Å². The molecule has 1 aliphatic heterocycles. The standard InChI is InChI=1S/C16H15ClN2O/c1-10-2-4-11(5-3-10)14-9-15(19-18-14)13-8-12(17)6-7-16(13)20/h2-8,15,19-20H,9H2,1H3. The van der Waals surface area contributed by atoms with E-state index in [2.05, 4.69) is 41.7 Å². The van der Waals surface area contributed by atoms with Crippen molar-refractivity contribution in [3.63, 3.8) is 0 Å². The highest BCUT2D eigenvalue weighted by atomic mass is 35.5. The fourth-order valence-corrected chi connectivity index (χ4v) is 2.53. The largest absolute Gasteiger partial charge is 0.508 e. The molecule has 0 amide bonds. The van der Waals surface area contributed by atoms with Gasteiger partial charge in [-0.3, -0.25) is 0 Å². The van der Waals surface area contributed by atoms with Crippen LogP contribution in [0.15, 0.2) is 47.6 Å². The van der Waals surface area contributed by atoms with Gasteiger partial charge >= 0.3 is 0 Å². The van der Waals surface area contributed by atoms with Crippen LogP contribution < -0.4 is 5.43 Å². The van der Waals surface area contributed by atoms with Crippen LogP contribution in [0, 0.1) is 6.92 Å². The lowest BCUT2D eigenvalue weighted by atomic mass is 9.98. The van der Waals surface area contributed by atoms with Gasteiger partial charge in [0.2, 0.25) is 0 Å². The van der Waals surface area contributed by atoms with Crippen LogP contribution >= 0.6 is 11.6 Å². The Labute approximate surface area is 122 Å². The van der Waals surface area contributed by atoms with Gasteiger partial charge in [-0.15, -0.1) is 0 Å². The summed E-state index contributed by atoms with van der Waals surface area (Å²) in [6.45, 7) is 2.06. The Hall–Kier alpha value is -2.00.